The number of thioether (sulfide) groups is 1. The van der Waals surface area contributed by atoms with Crippen molar-refractivity contribution in [2.24, 2.45) is 10.7 Å². The van der Waals surface area contributed by atoms with Crippen LogP contribution in [0.4, 0.5) is 0 Å². The van der Waals surface area contributed by atoms with Crippen LogP contribution < -0.4 is 5.73 Å². The average Bonchev–Trinajstić information content (AvgIpc) is 2.97. The summed E-state index contributed by atoms with van der Waals surface area (Å²) in [6.45, 7) is 0. The van der Waals surface area contributed by atoms with Crippen molar-refractivity contribution >= 4 is 22.5 Å². The molecule has 0 saturated heterocycles. The van der Waals surface area contributed by atoms with Crippen LogP contribution in [0.3, 0.4) is 0 Å². The SMILES string of the molecule is NC(=CC1=N[C@H](c2ccccc2)CS1)c1ccccc1. The van der Waals surface area contributed by atoms with E-state index in [2.05, 4.69) is 24.3 Å². The molecule has 100 valence electrons. The Bertz CT molecular complexity index is 633. The summed E-state index contributed by atoms with van der Waals surface area (Å²) in [5.41, 5.74) is 9.20. The van der Waals surface area contributed by atoms with Crippen LogP contribution in [0, 0.1) is 0 Å². The van der Waals surface area contributed by atoms with Crippen molar-refractivity contribution in [1.29, 1.82) is 0 Å². The molecule has 3 rings (SSSR count). The largest absolute Gasteiger partial charge is 0.398 e. The lowest BCUT2D eigenvalue weighted by atomic mass is 10.1. The first-order chi connectivity index (χ1) is 9.83. The van der Waals surface area contributed by atoms with Gasteiger partial charge in [0.1, 0.15) is 0 Å². The fourth-order valence-corrected chi connectivity index (χ4v) is 3.17. The normalized spacial score (nSPS) is 18.9. The predicted molar refractivity (Wildman–Crippen MR) is 87.7 cm³/mol. The number of hydrogen-bond acceptors (Lipinski definition) is 3. The molecular formula is C17H16N2S. The first kappa shape index (κ1) is 13.0. The van der Waals surface area contributed by atoms with Crippen LogP contribution in [0.25, 0.3) is 5.70 Å². The van der Waals surface area contributed by atoms with E-state index in [1.807, 2.05) is 42.5 Å². The van der Waals surface area contributed by atoms with E-state index in [1.165, 1.54) is 5.56 Å². The first-order valence-corrected chi connectivity index (χ1v) is 7.59. The van der Waals surface area contributed by atoms with Gasteiger partial charge in [0.15, 0.2) is 0 Å². The minimum absolute atomic E-state index is 0.246. The second kappa shape index (κ2) is 5.97. The Hall–Kier alpha value is -2.00. The minimum Gasteiger partial charge on any atom is -0.398 e. The first-order valence-electron chi connectivity index (χ1n) is 6.61. The molecule has 1 aliphatic rings. The van der Waals surface area contributed by atoms with E-state index in [0.717, 1.165) is 22.1 Å². The Morgan fingerprint density at radius 2 is 1.70 bits per heavy atom. The maximum Gasteiger partial charge on any atom is 0.0933 e. The zero-order valence-electron chi connectivity index (χ0n) is 11.1. The fraction of sp³-hybridized carbons (Fsp3) is 0.118. The highest BCUT2D eigenvalue weighted by atomic mass is 32.2. The molecule has 0 bridgehead atoms. The van der Waals surface area contributed by atoms with Crippen LogP contribution in [0.5, 0.6) is 0 Å². The molecule has 2 aromatic carbocycles. The molecular weight excluding hydrogens is 264 g/mol. The van der Waals surface area contributed by atoms with Gasteiger partial charge in [-0.1, -0.05) is 60.7 Å². The van der Waals surface area contributed by atoms with Crippen molar-refractivity contribution in [3.63, 3.8) is 0 Å². The maximum atomic E-state index is 6.13. The molecule has 3 heteroatoms. The van der Waals surface area contributed by atoms with E-state index in [-0.39, 0.29) is 6.04 Å². The van der Waals surface area contributed by atoms with Crippen molar-refractivity contribution in [2.75, 3.05) is 5.75 Å². The second-order valence-electron chi connectivity index (χ2n) is 4.67. The molecule has 2 N–H and O–H groups in total. The lowest BCUT2D eigenvalue weighted by Crippen LogP contribution is -1.98. The van der Waals surface area contributed by atoms with Crippen molar-refractivity contribution in [1.82, 2.24) is 0 Å². The maximum absolute atomic E-state index is 6.13. The highest BCUT2D eigenvalue weighted by molar-refractivity contribution is 8.14. The lowest BCUT2D eigenvalue weighted by molar-refractivity contribution is 0.850. The Balaban J connectivity index is 1.79. The summed E-state index contributed by atoms with van der Waals surface area (Å²) in [6.07, 6.45) is 1.98. The molecule has 0 saturated carbocycles. The summed E-state index contributed by atoms with van der Waals surface area (Å²) in [7, 11) is 0. The molecule has 20 heavy (non-hydrogen) atoms. The number of rotatable bonds is 3. The Labute approximate surface area is 123 Å². The van der Waals surface area contributed by atoms with Crippen molar-refractivity contribution in [2.45, 2.75) is 6.04 Å². The van der Waals surface area contributed by atoms with Gasteiger partial charge in [-0.2, -0.15) is 0 Å². The van der Waals surface area contributed by atoms with Gasteiger partial charge < -0.3 is 5.73 Å². The van der Waals surface area contributed by atoms with E-state index in [9.17, 15) is 0 Å². The van der Waals surface area contributed by atoms with E-state index in [0.29, 0.717) is 0 Å². The molecule has 0 amide bonds. The summed E-state index contributed by atoms with van der Waals surface area (Å²) in [5, 5.41) is 1.01. The number of nitrogens with two attached hydrogens (primary N) is 1. The van der Waals surface area contributed by atoms with Crippen LogP contribution in [0.15, 0.2) is 71.7 Å². The fourth-order valence-electron chi connectivity index (χ4n) is 2.16. The third kappa shape index (κ3) is 2.94. The summed E-state index contributed by atoms with van der Waals surface area (Å²) >= 11 is 1.76. The average molecular weight is 280 g/mol. The van der Waals surface area contributed by atoms with Crippen molar-refractivity contribution in [3.8, 4) is 0 Å². The molecule has 1 atom stereocenters. The number of nitrogens with zero attached hydrogens (tertiary/aromatic N) is 1. The van der Waals surface area contributed by atoms with Gasteiger partial charge in [0.25, 0.3) is 0 Å². The number of benzene rings is 2. The molecule has 0 aromatic heterocycles. The molecule has 1 aliphatic heterocycles. The number of hydrogen-bond donors (Lipinski definition) is 1. The van der Waals surface area contributed by atoms with Gasteiger partial charge in [0.05, 0.1) is 11.1 Å². The van der Waals surface area contributed by atoms with Gasteiger partial charge in [-0.3, -0.25) is 4.99 Å². The predicted octanol–water partition coefficient (Wildman–Crippen LogP) is 3.87. The highest BCUT2D eigenvalue weighted by Crippen LogP contribution is 2.31. The number of aliphatic imine (C=N–C) groups is 1. The zero-order chi connectivity index (χ0) is 13.8. The Morgan fingerprint density at radius 1 is 1.05 bits per heavy atom. The van der Waals surface area contributed by atoms with Crippen LogP contribution >= 0.6 is 11.8 Å². The molecule has 0 aliphatic carbocycles. The van der Waals surface area contributed by atoms with Crippen LogP contribution in [-0.4, -0.2) is 10.8 Å². The van der Waals surface area contributed by atoms with E-state index < -0.39 is 0 Å². The van der Waals surface area contributed by atoms with Gasteiger partial charge in [-0.25, -0.2) is 0 Å². The quantitative estimate of drug-likeness (QED) is 0.926. The summed E-state index contributed by atoms with van der Waals surface area (Å²) < 4.78 is 0. The third-order valence-electron chi connectivity index (χ3n) is 3.24. The van der Waals surface area contributed by atoms with Gasteiger partial charge in [-0.05, 0) is 17.2 Å². The van der Waals surface area contributed by atoms with Crippen LogP contribution in [0.2, 0.25) is 0 Å². The van der Waals surface area contributed by atoms with E-state index >= 15 is 0 Å². The molecule has 0 radical (unpaired) electrons. The molecule has 1 heterocycles. The van der Waals surface area contributed by atoms with Gasteiger partial charge in [0.2, 0.25) is 0 Å². The van der Waals surface area contributed by atoms with Gasteiger partial charge >= 0.3 is 0 Å². The standard InChI is InChI=1S/C17H16N2S/c18-15(13-7-3-1-4-8-13)11-17-19-16(12-20-17)14-9-5-2-6-10-14/h1-11,16H,12,18H2/t16-/m0/s1. The molecule has 2 aromatic rings. The van der Waals surface area contributed by atoms with Gasteiger partial charge in [-0.15, -0.1) is 11.8 Å². The zero-order valence-corrected chi connectivity index (χ0v) is 11.9. The van der Waals surface area contributed by atoms with Gasteiger partial charge in [0, 0.05) is 11.4 Å². The highest BCUT2D eigenvalue weighted by Gasteiger charge is 2.18. The second-order valence-corrected chi connectivity index (χ2v) is 5.71. The summed E-state index contributed by atoms with van der Waals surface area (Å²) in [4.78, 5) is 4.75. The molecule has 0 fully saturated rings. The van der Waals surface area contributed by atoms with Crippen molar-refractivity contribution in [3.05, 3.63) is 77.9 Å². The minimum atomic E-state index is 0.246. The molecule has 2 nitrogen and oxygen atoms in total. The molecule has 0 spiro atoms. The Morgan fingerprint density at radius 3 is 2.40 bits per heavy atom. The van der Waals surface area contributed by atoms with E-state index in [1.54, 1.807) is 11.8 Å². The lowest BCUT2D eigenvalue weighted by Gasteiger charge is -2.04. The summed E-state index contributed by atoms with van der Waals surface area (Å²) in [5.74, 6) is 0.984. The third-order valence-corrected chi connectivity index (χ3v) is 4.24. The Kier molecular flexibility index (Phi) is 3.88. The van der Waals surface area contributed by atoms with Crippen LogP contribution in [-0.2, 0) is 0 Å². The van der Waals surface area contributed by atoms with Crippen molar-refractivity contribution < 1.29 is 0 Å². The summed E-state index contributed by atoms with van der Waals surface area (Å²) in [6, 6.07) is 20.7. The van der Waals surface area contributed by atoms with Crippen LogP contribution in [0.1, 0.15) is 17.2 Å². The topological polar surface area (TPSA) is 38.4 Å². The molecule has 0 unspecified atom stereocenters. The smallest absolute Gasteiger partial charge is 0.0933 e. The monoisotopic (exact) mass is 280 g/mol. The van der Waals surface area contributed by atoms with E-state index in [4.69, 9.17) is 10.7 Å².